The number of carbonyl (C=O) groups is 1. The predicted octanol–water partition coefficient (Wildman–Crippen LogP) is 2.10. The lowest BCUT2D eigenvalue weighted by Crippen LogP contribution is -2.41. The molecule has 1 saturated carbocycles. The Bertz CT molecular complexity index is 698. The fraction of sp³-hybridized carbons (Fsp3) is 0.471. The molecule has 1 aliphatic carbocycles. The van der Waals surface area contributed by atoms with Gasteiger partial charge in [-0.3, -0.25) is 10.2 Å². The topological polar surface area (TPSA) is 70.2 Å². The van der Waals surface area contributed by atoms with Crippen LogP contribution in [0.15, 0.2) is 29.9 Å². The highest BCUT2D eigenvalue weighted by molar-refractivity contribution is 7.10. The minimum atomic E-state index is -0.0290. The zero-order valence-corrected chi connectivity index (χ0v) is 14.4. The molecule has 3 heterocycles. The summed E-state index contributed by atoms with van der Waals surface area (Å²) in [5, 5.41) is 2.09. The van der Waals surface area contributed by atoms with Crippen LogP contribution in [0.5, 0.6) is 0 Å². The molecule has 126 valence electrons. The maximum atomic E-state index is 12.5. The van der Waals surface area contributed by atoms with Crippen LogP contribution in [0.25, 0.3) is 0 Å². The van der Waals surface area contributed by atoms with Crippen LogP contribution in [0, 0.1) is 0 Å². The smallest absolute Gasteiger partial charge is 0.256 e. The summed E-state index contributed by atoms with van der Waals surface area (Å²) < 4.78 is 0. The highest BCUT2D eigenvalue weighted by Gasteiger charge is 2.29. The van der Waals surface area contributed by atoms with Crippen molar-refractivity contribution in [2.24, 2.45) is 0 Å². The Morgan fingerprint density at radius 2 is 2.12 bits per heavy atom. The third-order valence-electron chi connectivity index (χ3n) is 4.57. The van der Waals surface area contributed by atoms with Gasteiger partial charge in [0.25, 0.3) is 5.91 Å². The average Bonchev–Trinajstić information content (AvgIpc) is 3.10. The van der Waals surface area contributed by atoms with E-state index in [1.165, 1.54) is 17.7 Å². The molecule has 0 aromatic carbocycles. The first-order valence-electron chi connectivity index (χ1n) is 8.32. The van der Waals surface area contributed by atoms with E-state index in [9.17, 15) is 4.79 Å². The van der Waals surface area contributed by atoms with Gasteiger partial charge in [-0.25, -0.2) is 15.4 Å². The van der Waals surface area contributed by atoms with Gasteiger partial charge in [0.15, 0.2) is 0 Å². The molecule has 1 aliphatic heterocycles. The summed E-state index contributed by atoms with van der Waals surface area (Å²) in [5.74, 6) is 1.35. The Morgan fingerprint density at radius 1 is 1.33 bits per heavy atom. The monoisotopic (exact) mass is 343 g/mol. The lowest BCUT2D eigenvalue weighted by atomic mass is 10.1. The van der Waals surface area contributed by atoms with E-state index in [4.69, 9.17) is 0 Å². The number of nitrogens with one attached hydrogen (secondary N) is 2. The second-order valence-corrected chi connectivity index (χ2v) is 7.56. The number of aromatic nitrogens is 2. The number of hydrogen-bond donors (Lipinski definition) is 2. The second kappa shape index (κ2) is 6.58. The Labute approximate surface area is 145 Å². The summed E-state index contributed by atoms with van der Waals surface area (Å²) in [6, 6.07) is 4.76. The number of rotatable bonds is 5. The summed E-state index contributed by atoms with van der Waals surface area (Å²) in [5.41, 5.74) is 7.17. The highest BCUT2D eigenvalue weighted by Crippen LogP contribution is 2.37. The van der Waals surface area contributed by atoms with E-state index in [0.29, 0.717) is 24.1 Å². The Balaban J connectivity index is 1.33. The number of thiophene rings is 1. The molecule has 2 N–H and O–H groups in total. The summed E-state index contributed by atoms with van der Waals surface area (Å²) in [7, 11) is 1.83. The van der Waals surface area contributed by atoms with Crippen molar-refractivity contribution in [3.8, 4) is 0 Å². The van der Waals surface area contributed by atoms with Gasteiger partial charge in [0.2, 0.25) is 0 Å². The van der Waals surface area contributed by atoms with Gasteiger partial charge in [0.05, 0.1) is 11.6 Å². The molecule has 4 rings (SSSR count). The van der Waals surface area contributed by atoms with E-state index in [1.54, 1.807) is 28.6 Å². The normalized spacial score (nSPS) is 23.4. The molecule has 6 nitrogen and oxygen atoms in total. The molecular weight excluding hydrogens is 322 g/mol. The minimum Gasteiger partial charge on any atom is -0.340 e. The zero-order valence-electron chi connectivity index (χ0n) is 13.6. The lowest BCUT2D eigenvalue weighted by molar-refractivity contribution is 0.0782. The zero-order chi connectivity index (χ0) is 16.5. The highest BCUT2D eigenvalue weighted by atomic mass is 32.1. The van der Waals surface area contributed by atoms with Crippen molar-refractivity contribution >= 4 is 17.2 Å². The van der Waals surface area contributed by atoms with Gasteiger partial charge in [0, 0.05) is 42.8 Å². The molecule has 2 aliphatic rings. The molecule has 2 atom stereocenters. The van der Waals surface area contributed by atoms with Crippen LogP contribution in [0.4, 0.5) is 0 Å². The van der Waals surface area contributed by atoms with Gasteiger partial charge in [0.1, 0.15) is 5.82 Å². The van der Waals surface area contributed by atoms with E-state index >= 15 is 0 Å². The predicted molar refractivity (Wildman–Crippen MR) is 92.7 cm³/mol. The van der Waals surface area contributed by atoms with Crippen molar-refractivity contribution in [3.05, 3.63) is 46.2 Å². The summed E-state index contributed by atoms with van der Waals surface area (Å²) in [6.45, 7) is 0.651. The second-order valence-electron chi connectivity index (χ2n) is 6.58. The average molecular weight is 343 g/mol. The molecule has 24 heavy (non-hydrogen) atoms. The molecule has 2 aromatic heterocycles. The van der Waals surface area contributed by atoms with Gasteiger partial charge in [-0.2, -0.15) is 0 Å². The van der Waals surface area contributed by atoms with E-state index < -0.39 is 0 Å². The summed E-state index contributed by atoms with van der Waals surface area (Å²) >= 11 is 1.75. The van der Waals surface area contributed by atoms with Crippen molar-refractivity contribution in [1.29, 1.82) is 0 Å². The fourth-order valence-electron chi connectivity index (χ4n) is 3.05. The fourth-order valence-corrected chi connectivity index (χ4v) is 3.84. The van der Waals surface area contributed by atoms with E-state index in [1.807, 2.05) is 7.05 Å². The van der Waals surface area contributed by atoms with E-state index in [2.05, 4.69) is 38.3 Å². The molecular formula is C17H21N5OS. The Kier molecular flexibility index (Phi) is 4.30. The first-order valence-corrected chi connectivity index (χ1v) is 9.20. The molecule has 2 unspecified atom stereocenters. The maximum Gasteiger partial charge on any atom is 0.256 e. The number of hydrogen-bond acceptors (Lipinski definition) is 6. The van der Waals surface area contributed by atoms with Gasteiger partial charge in [-0.05, 0) is 30.7 Å². The van der Waals surface area contributed by atoms with Crippen LogP contribution >= 0.6 is 11.3 Å². The van der Waals surface area contributed by atoms with Gasteiger partial charge < -0.3 is 4.90 Å². The van der Waals surface area contributed by atoms with Crippen LogP contribution in [0.3, 0.4) is 0 Å². The van der Waals surface area contributed by atoms with E-state index in [0.717, 1.165) is 12.2 Å². The van der Waals surface area contributed by atoms with Gasteiger partial charge >= 0.3 is 0 Å². The van der Waals surface area contributed by atoms with Crippen LogP contribution < -0.4 is 10.9 Å². The molecule has 0 bridgehead atoms. The van der Waals surface area contributed by atoms with Gasteiger partial charge in [-0.1, -0.05) is 6.07 Å². The minimum absolute atomic E-state index is 0.0290. The van der Waals surface area contributed by atoms with Crippen LogP contribution in [-0.4, -0.2) is 40.4 Å². The first kappa shape index (κ1) is 15.7. The summed E-state index contributed by atoms with van der Waals surface area (Å²) in [4.78, 5) is 24.3. The van der Waals surface area contributed by atoms with Gasteiger partial charge in [-0.15, -0.1) is 11.3 Å². The third-order valence-corrected chi connectivity index (χ3v) is 5.56. The molecule has 2 fully saturated rings. The largest absolute Gasteiger partial charge is 0.340 e. The molecule has 1 saturated heterocycles. The molecule has 0 radical (unpaired) electrons. The number of hydrazine groups is 1. The van der Waals surface area contributed by atoms with Crippen LogP contribution in [0.1, 0.15) is 52.3 Å². The maximum absolute atomic E-state index is 12.5. The standard InChI is InChI=1S/C17H21N5OS/c1-22(10-13-7-14(21-20-13)15-3-2-6-24-15)17(23)12-8-18-16(19-9-12)11-4-5-11/h2-3,6,8-9,11,13-14,20-21H,4-5,7,10H2,1H3. The van der Waals surface area contributed by atoms with Crippen molar-refractivity contribution in [3.63, 3.8) is 0 Å². The Hall–Kier alpha value is -1.83. The SMILES string of the molecule is CN(CC1CC(c2cccs2)NN1)C(=O)c1cnc(C2CC2)nc1. The molecule has 7 heteroatoms. The van der Waals surface area contributed by atoms with E-state index in [-0.39, 0.29) is 11.9 Å². The van der Waals surface area contributed by atoms with Crippen molar-refractivity contribution in [2.45, 2.75) is 37.3 Å². The number of nitrogens with zero attached hydrogens (tertiary/aromatic N) is 3. The molecule has 1 amide bonds. The third kappa shape index (κ3) is 3.33. The number of carbonyl (C=O) groups excluding carboxylic acids is 1. The Morgan fingerprint density at radius 3 is 2.79 bits per heavy atom. The number of likely N-dealkylation sites (N-methyl/N-ethyl adjacent to an activating group) is 1. The van der Waals surface area contributed by atoms with Crippen LogP contribution in [-0.2, 0) is 0 Å². The number of amides is 1. The lowest BCUT2D eigenvalue weighted by Gasteiger charge is -2.20. The quantitative estimate of drug-likeness (QED) is 0.870. The summed E-state index contributed by atoms with van der Waals surface area (Å²) in [6.07, 6.45) is 6.62. The molecule has 2 aromatic rings. The van der Waals surface area contributed by atoms with Crippen LogP contribution in [0.2, 0.25) is 0 Å². The first-order chi connectivity index (χ1) is 11.7. The van der Waals surface area contributed by atoms with Crippen molar-refractivity contribution in [1.82, 2.24) is 25.7 Å². The van der Waals surface area contributed by atoms with Crippen molar-refractivity contribution < 1.29 is 4.79 Å². The molecule has 0 spiro atoms. The van der Waals surface area contributed by atoms with Crippen molar-refractivity contribution in [2.75, 3.05) is 13.6 Å².